The molecule has 3 rings (SSSR count). The van der Waals surface area contributed by atoms with Crippen LogP contribution in [0.4, 0.5) is 0 Å². The Bertz CT molecular complexity index is 986. The van der Waals surface area contributed by atoms with Gasteiger partial charge in [-0.15, -0.1) is 0 Å². The van der Waals surface area contributed by atoms with Gasteiger partial charge in [0.2, 0.25) is 5.91 Å². The Balaban J connectivity index is 1.74. The van der Waals surface area contributed by atoms with E-state index in [9.17, 15) is 9.59 Å². The largest absolute Gasteiger partial charge is 0.349 e. The van der Waals surface area contributed by atoms with Crippen molar-refractivity contribution in [1.82, 2.24) is 14.5 Å². The number of nitrogens with zero attached hydrogens (tertiary/aromatic N) is 2. The lowest BCUT2D eigenvalue weighted by molar-refractivity contribution is -0.122. The van der Waals surface area contributed by atoms with Crippen LogP contribution < -0.4 is 11.0 Å². The Kier molecular flexibility index (Phi) is 6.34. The van der Waals surface area contributed by atoms with Crippen LogP contribution in [-0.4, -0.2) is 15.0 Å². The number of amides is 1. The third-order valence-electron chi connectivity index (χ3n) is 5.05. The molecular formula is C23H29N3O2. The molecule has 0 aliphatic rings. The Morgan fingerprint density at radius 1 is 0.964 bits per heavy atom. The number of hydrogen-bond acceptors (Lipinski definition) is 2. The van der Waals surface area contributed by atoms with Crippen LogP contribution in [0.3, 0.4) is 0 Å². The summed E-state index contributed by atoms with van der Waals surface area (Å²) in [5.74, 6) is 0.436. The van der Waals surface area contributed by atoms with Crippen molar-refractivity contribution >= 4 is 16.9 Å². The molecule has 1 amide bonds. The van der Waals surface area contributed by atoms with Gasteiger partial charge in [0.05, 0.1) is 17.1 Å². The minimum atomic E-state index is -0.0571. The van der Waals surface area contributed by atoms with Gasteiger partial charge in [0, 0.05) is 19.5 Å². The first-order chi connectivity index (χ1) is 13.5. The summed E-state index contributed by atoms with van der Waals surface area (Å²) in [6.45, 7) is 7.26. The number of fused-ring (bicyclic) bond motifs is 1. The molecule has 0 saturated heterocycles. The number of hydrogen-bond donors (Lipinski definition) is 1. The topological polar surface area (TPSA) is 56.0 Å². The molecule has 1 aromatic heterocycles. The summed E-state index contributed by atoms with van der Waals surface area (Å²) < 4.78 is 3.46. The summed E-state index contributed by atoms with van der Waals surface area (Å²) in [4.78, 5) is 25.4. The minimum absolute atomic E-state index is 0.0117. The predicted molar refractivity (Wildman–Crippen MR) is 113 cm³/mol. The maximum absolute atomic E-state index is 12.7. The van der Waals surface area contributed by atoms with Crippen LogP contribution in [0.2, 0.25) is 0 Å². The fourth-order valence-corrected chi connectivity index (χ4v) is 3.71. The van der Waals surface area contributed by atoms with Crippen LogP contribution in [0.15, 0.2) is 59.4 Å². The van der Waals surface area contributed by atoms with Crippen molar-refractivity contribution in [3.05, 3.63) is 70.6 Å². The summed E-state index contributed by atoms with van der Waals surface area (Å²) in [6.07, 6.45) is 1.16. The van der Waals surface area contributed by atoms with Crippen molar-refractivity contribution in [1.29, 1.82) is 0 Å². The van der Waals surface area contributed by atoms with E-state index in [1.54, 1.807) is 9.13 Å². The second-order valence-electron chi connectivity index (χ2n) is 7.58. The minimum Gasteiger partial charge on any atom is -0.349 e. The first-order valence-electron chi connectivity index (χ1n) is 10.0. The van der Waals surface area contributed by atoms with Crippen molar-refractivity contribution in [3.63, 3.8) is 0 Å². The second kappa shape index (κ2) is 8.91. The Labute approximate surface area is 166 Å². The van der Waals surface area contributed by atoms with E-state index in [1.165, 1.54) is 0 Å². The lowest BCUT2D eigenvalue weighted by Crippen LogP contribution is -2.31. The van der Waals surface area contributed by atoms with Crippen LogP contribution in [-0.2, 0) is 17.9 Å². The molecule has 5 nitrogen and oxygen atoms in total. The lowest BCUT2D eigenvalue weighted by Gasteiger charge is -2.21. The van der Waals surface area contributed by atoms with E-state index >= 15 is 0 Å². The van der Waals surface area contributed by atoms with Gasteiger partial charge in [-0.2, -0.15) is 0 Å². The van der Waals surface area contributed by atoms with E-state index in [0.717, 1.165) is 23.0 Å². The molecule has 0 fully saturated rings. The SMILES string of the molecule is CCn1c(=O)n(CCC(=O)NC(CC(C)C)c2ccccc2)c2ccccc21. The number of benzene rings is 2. The van der Waals surface area contributed by atoms with Crippen molar-refractivity contribution in [3.8, 4) is 0 Å². The van der Waals surface area contributed by atoms with E-state index < -0.39 is 0 Å². The monoisotopic (exact) mass is 379 g/mol. The molecule has 0 aliphatic carbocycles. The zero-order valence-electron chi connectivity index (χ0n) is 16.9. The molecule has 3 aromatic rings. The molecule has 0 radical (unpaired) electrons. The highest BCUT2D eigenvalue weighted by Gasteiger charge is 2.17. The summed E-state index contributed by atoms with van der Waals surface area (Å²) in [5.41, 5.74) is 2.85. The van der Waals surface area contributed by atoms with Crippen LogP contribution in [0.25, 0.3) is 11.0 Å². The summed E-state index contributed by atoms with van der Waals surface area (Å²) in [5, 5.41) is 3.16. The van der Waals surface area contributed by atoms with E-state index in [-0.39, 0.29) is 24.1 Å². The predicted octanol–water partition coefficient (Wildman–Crippen LogP) is 4.12. The van der Waals surface area contributed by atoms with Crippen molar-refractivity contribution < 1.29 is 4.79 Å². The molecule has 0 saturated carbocycles. The summed E-state index contributed by atoms with van der Waals surface area (Å²) in [6, 6.07) is 17.8. The first kappa shape index (κ1) is 19.9. The Morgan fingerprint density at radius 3 is 2.18 bits per heavy atom. The van der Waals surface area contributed by atoms with Crippen LogP contribution in [0.1, 0.15) is 45.2 Å². The average Bonchev–Trinajstić information content (AvgIpc) is 2.97. The highest BCUT2D eigenvalue weighted by atomic mass is 16.2. The average molecular weight is 380 g/mol. The molecule has 5 heteroatoms. The van der Waals surface area contributed by atoms with Gasteiger partial charge < -0.3 is 5.32 Å². The molecule has 28 heavy (non-hydrogen) atoms. The first-order valence-corrected chi connectivity index (χ1v) is 10.0. The quantitative estimate of drug-likeness (QED) is 0.640. The Hall–Kier alpha value is -2.82. The van der Waals surface area contributed by atoms with Gasteiger partial charge in [-0.25, -0.2) is 4.79 Å². The second-order valence-corrected chi connectivity index (χ2v) is 7.58. The van der Waals surface area contributed by atoms with Gasteiger partial charge in [0.1, 0.15) is 0 Å². The molecular weight excluding hydrogens is 350 g/mol. The van der Waals surface area contributed by atoms with Gasteiger partial charge in [-0.05, 0) is 37.0 Å². The fourth-order valence-electron chi connectivity index (χ4n) is 3.71. The van der Waals surface area contributed by atoms with Crippen molar-refractivity contribution in [2.45, 2.75) is 52.7 Å². The standard InChI is InChI=1S/C23H29N3O2/c1-4-25-20-12-8-9-13-21(20)26(23(25)28)15-14-22(27)24-19(16-17(2)3)18-10-6-5-7-11-18/h5-13,17,19H,4,14-16H2,1-3H3,(H,24,27). The number of carbonyl (C=O) groups excluding carboxylic acids is 1. The van der Waals surface area contributed by atoms with Gasteiger partial charge in [-0.3, -0.25) is 13.9 Å². The van der Waals surface area contributed by atoms with Crippen LogP contribution in [0.5, 0.6) is 0 Å². The Morgan fingerprint density at radius 2 is 1.57 bits per heavy atom. The maximum atomic E-state index is 12.7. The van der Waals surface area contributed by atoms with E-state index in [4.69, 9.17) is 0 Å². The van der Waals surface area contributed by atoms with E-state index in [2.05, 4.69) is 19.2 Å². The highest BCUT2D eigenvalue weighted by molar-refractivity contribution is 5.78. The number of para-hydroxylation sites is 2. The molecule has 2 aromatic carbocycles. The van der Waals surface area contributed by atoms with Crippen molar-refractivity contribution in [2.75, 3.05) is 0 Å². The summed E-state index contributed by atoms with van der Waals surface area (Å²) >= 11 is 0. The molecule has 0 spiro atoms. The van der Waals surface area contributed by atoms with Gasteiger partial charge in [0.15, 0.2) is 0 Å². The molecule has 1 N–H and O–H groups in total. The molecule has 1 heterocycles. The number of rotatable bonds is 8. The number of imidazole rings is 1. The third kappa shape index (κ3) is 4.35. The van der Waals surface area contributed by atoms with Gasteiger partial charge >= 0.3 is 5.69 Å². The van der Waals surface area contributed by atoms with Gasteiger partial charge in [-0.1, -0.05) is 56.3 Å². The number of carbonyl (C=O) groups is 1. The molecule has 1 atom stereocenters. The molecule has 148 valence electrons. The van der Waals surface area contributed by atoms with Gasteiger partial charge in [0.25, 0.3) is 0 Å². The molecule has 0 bridgehead atoms. The van der Waals surface area contributed by atoms with Crippen LogP contribution in [0, 0.1) is 5.92 Å². The number of aryl methyl sites for hydroxylation is 2. The lowest BCUT2D eigenvalue weighted by atomic mass is 9.97. The molecule has 0 aliphatic heterocycles. The summed E-state index contributed by atoms with van der Waals surface area (Å²) in [7, 11) is 0. The normalized spacial score (nSPS) is 12.4. The zero-order chi connectivity index (χ0) is 20.1. The van der Waals surface area contributed by atoms with Crippen LogP contribution >= 0.6 is 0 Å². The third-order valence-corrected chi connectivity index (χ3v) is 5.05. The van der Waals surface area contributed by atoms with E-state index in [1.807, 2.05) is 61.5 Å². The zero-order valence-corrected chi connectivity index (χ0v) is 16.9. The number of nitrogens with one attached hydrogen (secondary N) is 1. The van der Waals surface area contributed by atoms with E-state index in [0.29, 0.717) is 19.0 Å². The maximum Gasteiger partial charge on any atom is 0.329 e. The van der Waals surface area contributed by atoms with Crippen molar-refractivity contribution in [2.24, 2.45) is 5.92 Å². The molecule has 1 unspecified atom stereocenters. The highest BCUT2D eigenvalue weighted by Crippen LogP contribution is 2.21. The number of aromatic nitrogens is 2. The fraction of sp³-hybridized carbons (Fsp3) is 0.391. The smallest absolute Gasteiger partial charge is 0.329 e.